The Morgan fingerprint density at radius 2 is 2.00 bits per heavy atom. The van der Waals surface area contributed by atoms with Gasteiger partial charge < -0.3 is 11.1 Å². The van der Waals surface area contributed by atoms with E-state index in [0.29, 0.717) is 6.04 Å². The highest BCUT2D eigenvalue weighted by Gasteiger charge is 2.39. The molecule has 4 heteroatoms. The summed E-state index contributed by atoms with van der Waals surface area (Å²) in [5, 5.41) is 3.15. The summed E-state index contributed by atoms with van der Waals surface area (Å²) in [5.74, 6) is 0.920. The zero-order valence-electron chi connectivity index (χ0n) is 10.9. The molecule has 2 aliphatic carbocycles. The summed E-state index contributed by atoms with van der Waals surface area (Å²) in [7, 11) is 0. The average molecular weight is 261 g/mol. The Bertz CT molecular complexity index is 277. The van der Waals surface area contributed by atoms with E-state index in [9.17, 15) is 4.79 Å². The maximum absolute atomic E-state index is 12.2. The first-order chi connectivity index (χ1) is 7.50. The van der Waals surface area contributed by atoms with E-state index in [4.69, 9.17) is 5.73 Å². The van der Waals surface area contributed by atoms with Crippen molar-refractivity contribution in [2.24, 2.45) is 17.6 Å². The van der Waals surface area contributed by atoms with Crippen LogP contribution in [0.4, 0.5) is 0 Å². The van der Waals surface area contributed by atoms with Gasteiger partial charge in [0.25, 0.3) is 0 Å². The Hall–Kier alpha value is -0.280. The van der Waals surface area contributed by atoms with Crippen molar-refractivity contribution in [3.05, 3.63) is 0 Å². The van der Waals surface area contributed by atoms with Crippen molar-refractivity contribution in [1.29, 1.82) is 0 Å². The van der Waals surface area contributed by atoms with Crippen molar-refractivity contribution in [1.82, 2.24) is 5.32 Å². The third-order valence-corrected chi connectivity index (χ3v) is 4.27. The molecular weight excluding hydrogens is 236 g/mol. The van der Waals surface area contributed by atoms with Gasteiger partial charge in [-0.05, 0) is 45.4 Å². The molecule has 0 heterocycles. The predicted octanol–water partition coefficient (Wildman–Crippen LogP) is 2.23. The van der Waals surface area contributed by atoms with Crippen molar-refractivity contribution in [2.75, 3.05) is 0 Å². The van der Waals surface area contributed by atoms with Crippen molar-refractivity contribution in [2.45, 2.75) is 64.0 Å². The fraction of sp³-hybridized carbons (Fsp3) is 0.923. The van der Waals surface area contributed by atoms with Gasteiger partial charge in [0.05, 0.1) is 5.92 Å². The van der Waals surface area contributed by atoms with Crippen molar-refractivity contribution >= 4 is 18.3 Å². The first kappa shape index (κ1) is 14.8. The number of carbonyl (C=O) groups is 1. The van der Waals surface area contributed by atoms with Crippen LogP contribution in [-0.2, 0) is 4.79 Å². The molecule has 100 valence electrons. The van der Waals surface area contributed by atoms with Crippen LogP contribution in [0.1, 0.15) is 52.4 Å². The molecule has 2 fully saturated rings. The highest BCUT2D eigenvalue weighted by Crippen LogP contribution is 2.34. The van der Waals surface area contributed by atoms with E-state index in [-0.39, 0.29) is 29.8 Å². The summed E-state index contributed by atoms with van der Waals surface area (Å²) < 4.78 is 0. The summed E-state index contributed by atoms with van der Waals surface area (Å²) in [6, 6.07) is 0.338. The molecule has 3 nitrogen and oxygen atoms in total. The molecule has 0 aromatic heterocycles. The summed E-state index contributed by atoms with van der Waals surface area (Å²) in [5.41, 5.74) is 5.93. The van der Waals surface area contributed by atoms with E-state index >= 15 is 0 Å². The molecule has 17 heavy (non-hydrogen) atoms. The molecular formula is C13H25ClN2O. The van der Waals surface area contributed by atoms with Crippen LogP contribution in [0.5, 0.6) is 0 Å². The van der Waals surface area contributed by atoms with E-state index < -0.39 is 0 Å². The normalized spacial score (nSPS) is 34.6. The van der Waals surface area contributed by atoms with Crippen molar-refractivity contribution in [3.8, 4) is 0 Å². The number of carbonyl (C=O) groups excluding carboxylic acids is 1. The molecule has 0 aromatic rings. The van der Waals surface area contributed by atoms with Gasteiger partial charge in [0.1, 0.15) is 0 Å². The lowest BCUT2D eigenvalue weighted by Gasteiger charge is -2.37. The second-order valence-corrected chi connectivity index (χ2v) is 5.94. The number of hydrogen-bond acceptors (Lipinski definition) is 2. The van der Waals surface area contributed by atoms with Gasteiger partial charge in [-0.1, -0.05) is 12.8 Å². The molecule has 3 N–H and O–H groups in total. The summed E-state index contributed by atoms with van der Waals surface area (Å²) >= 11 is 0. The van der Waals surface area contributed by atoms with Crippen LogP contribution in [0, 0.1) is 11.8 Å². The summed E-state index contributed by atoms with van der Waals surface area (Å²) in [6.45, 7) is 4.14. The Kier molecular flexibility index (Phi) is 4.85. The first-order valence-electron chi connectivity index (χ1n) is 6.60. The SMILES string of the molecule is CC(NC(=O)C1CCCCC1(C)N)C1CC1.Cl. The maximum atomic E-state index is 12.2. The Labute approximate surface area is 110 Å². The first-order valence-corrected chi connectivity index (χ1v) is 6.60. The molecule has 1 amide bonds. The number of hydrogen-bond donors (Lipinski definition) is 2. The smallest absolute Gasteiger partial charge is 0.225 e. The second kappa shape index (κ2) is 5.57. The molecule has 0 aromatic carbocycles. The monoisotopic (exact) mass is 260 g/mol. The molecule has 2 aliphatic rings. The Morgan fingerprint density at radius 1 is 1.35 bits per heavy atom. The average Bonchev–Trinajstić information content (AvgIpc) is 2.99. The van der Waals surface area contributed by atoms with Crippen LogP contribution in [-0.4, -0.2) is 17.5 Å². The largest absolute Gasteiger partial charge is 0.353 e. The fourth-order valence-corrected chi connectivity index (χ4v) is 2.83. The van der Waals surface area contributed by atoms with Crippen LogP contribution in [0.25, 0.3) is 0 Å². The minimum absolute atomic E-state index is 0. The van der Waals surface area contributed by atoms with Gasteiger partial charge in [-0.25, -0.2) is 0 Å². The summed E-state index contributed by atoms with van der Waals surface area (Å²) in [6.07, 6.45) is 6.77. The van der Waals surface area contributed by atoms with E-state index in [2.05, 4.69) is 12.2 Å². The molecule has 0 bridgehead atoms. The number of amides is 1. The molecule has 3 atom stereocenters. The zero-order chi connectivity index (χ0) is 11.8. The van der Waals surface area contributed by atoms with Gasteiger partial charge in [-0.3, -0.25) is 4.79 Å². The molecule has 0 spiro atoms. The highest BCUT2D eigenvalue weighted by atomic mass is 35.5. The molecule has 3 unspecified atom stereocenters. The fourth-order valence-electron chi connectivity index (χ4n) is 2.83. The van der Waals surface area contributed by atoms with Crippen molar-refractivity contribution in [3.63, 3.8) is 0 Å². The molecule has 0 aliphatic heterocycles. The molecule has 2 rings (SSSR count). The van der Waals surface area contributed by atoms with Gasteiger partial charge in [0.15, 0.2) is 0 Å². The maximum Gasteiger partial charge on any atom is 0.225 e. The number of nitrogens with two attached hydrogens (primary N) is 1. The van der Waals surface area contributed by atoms with E-state index in [1.54, 1.807) is 0 Å². The van der Waals surface area contributed by atoms with Crippen molar-refractivity contribution < 1.29 is 4.79 Å². The lowest BCUT2D eigenvalue weighted by Crippen LogP contribution is -2.54. The summed E-state index contributed by atoms with van der Waals surface area (Å²) in [4.78, 5) is 12.2. The van der Waals surface area contributed by atoms with Gasteiger partial charge in [-0.15, -0.1) is 12.4 Å². The van der Waals surface area contributed by atoms with E-state index in [0.717, 1.165) is 31.6 Å². The second-order valence-electron chi connectivity index (χ2n) is 5.94. The Balaban J connectivity index is 0.00000144. The zero-order valence-corrected chi connectivity index (χ0v) is 11.7. The predicted molar refractivity (Wildman–Crippen MR) is 72.1 cm³/mol. The third-order valence-electron chi connectivity index (χ3n) is 4.27. The number of nitrogens with one attached hydrogen (secondary N) is 1. The quantitative estimate of drug-likeness (QED) is 0.818. The minimum Gasteiger partial charge on any atom is -0.353 e. The van der Waals surface area contributed by atoms with E-state index in [1.807, 2.05) is 6.92 Å². The van der Waals surface area contributed by atoms with Crippen LogP contribution >= 0.6 is 12.4 Å². The molecule has 0 radical (unpaired) electrons. The Morgan fingerprint density at radius 3 is 2.53 bits per heavy atom. The molecule has 0 saturated heterocycles. The highest BCUT2D eigenvalue weighted by molar-refractivity contribution is 5.85. The standard InChI is InChI=1S/C13H24N2O.ClH/c1-9(10-6-7-10)15-12(16)11-5-3-4-8-13(11,2)14;/h9-11H,3-8,14H2,1-2H3,(H,15,16);1H. The number of halogens is 1. The van der Waals surface area contributed by atoms with Crippen LogP contribution in [0.2, 0.25) is 0 Å². The van der Waals surface area contributed by atoms with Crippen LogP contribution in [0.3, 0.4) is 0 Å². The lowest BCUT2D eigenvalue weighted by atomic mass is 9.74. The topological polar surface area (TPSA) is 55.1 Å². The number of rotatable bonds is 3. The van der Waals surface area contributed by atoms with Crippen LogP contribution in [0.15, 0.2) is 0 Å². The molecule has 2 saturated carbocycles. The van der Waals surface area contributed by atoms with Gasteiger partial charge >= 0.3 is 0 Å². The van der Waals surface area contributed by atoms with E-state index in [1.165, 1.54) is 12.8 Å². The van der Waals surface area contributed by atoms with Gasteiger partial charge in [0.2, 0.25) is 5.91 Å². The van der Waals surface area contributed by atoms with Gasteiger partial charge in [-0.2, -0.15) is 0 Å². The third kappa shape index (κ3) is 3.59. The van der Waals surface area contributed by atoms with Crippen LogP contribution < -0.4 is 11.1 Å². The van der Waals surface area contributed by atoms with Gasteiger partial charge in [0, 0.05) is 11.6 Å². The minimum atomic E-state index is -0.300. The lowest BCUT2D eigenvalue weighted by molar-refractivity contribution is -0.128.